The quantitative estimate of drug-likeness (QED) is 0.201. The van der Waals surface area contributed by atoms with Crippen LogP contribution < -0.4 is 10.6 Å². The number of para-hydroxylation sites is 1. The highest BCUT2D eigenvalue weighted by Crippen LogP contribution is 2.30. The number of amides is 3. The fourth-order valence-corrected chi connectivity index (χ4v) is 5.21. The SMILES string of the molecule is CCCCCCN(C(=O)C(CCSC)NC(=O)OC(C)(C)C)C(C(=O)Nc1c(C)cccc1C)c1ccc(O)c(C)c1. The van der Waals surface area contributed by atoms with Crippen molar-refractivity contribution in [1.29, 1.82) is 0 Å². The highest BCUT2D eigenvalue weighted by Gasteiger charge is 2.36. The molecule has 0 aliphatic carbocycles. The first-order valence-corrected chi connectivity index (χ1v) is 16.1. The predicted octanol–water partition coefficient (Wildman–Crippen LogP) is 7.05. The van der Waals surface area contributed by atoms with Crippen LogP contribution in [-0.4, -0.2) is 58.1 Å². The van der Waals surface area contributed by atoms with Gasteiger partial charge in [0.2, 0.25) is 5.91 Å². The molecule has 0 aliphatic heterocycles. The molecule has 2 rings (SSSR count). The summed E-state index contributed by atoms with van der Waals surface area (Å²) in [6.07, 6.45) is 5.27. The van der Waals surface area contributed by atoms with Gasteiger partial charge in [0.05, 0.1) is 0 Å². The zero-order chi connectivity index (χ0) is 31.4. The van der Waals surface area contributed by atoms with Crippen molar-refractivity contribution in [3.63, 3.8) is 0 Å². The summed E-state index contributed by atoms with van der Waals surface area (Å²) in [5.41, 5.74) is 2.98. The van der Waals surface area contributed by atoms with Gasteiger partial charge in [0.15, 0.2) is 0 Å². The van der Waals surface area contributed by atoms with Gasteiger partial charge in [-0.3, -0.25) is 9.59 Å². The number of hydrogen-bond acceptors (Lipinski definition) is 6. The maximum atomic E-state index is 14.4. The normalized spacial score (nSPS) is 12.8. The summed E-state index contributed by atoms with van der Waals surface area (Å²) in [5.74, 6) is 0.0342. The number of carbonyl (C=O) groups is 3. The van der Waals surface area contributed by atoms with Crippen LogP contribution in [0.25, 0.3) is 0 Å². The second kappa shape index (κ2) is 16.4. The van der Waals surface area contributed by atoms with Gasteiger partial charge in [-0.15, -0.1) is 0 Å². The van der Waals surface area contributed by atoms with Crippen molar-refractivity contribution in [2.24, 2.45) is 0 Å². The Labute approximate surface area is 256 Å². The Morgan fingerprint density at radius 2 is 1.67 bits per heavy atom. The minimum absolute atomic E-state index is 0.109. The van der Waals surface area contributed by atoms with Crippen LogP contribution in [0.3, 0.4) is 0 Å². The van der Waals surface area contributed by atoms with Gasteiger partial charge in [0.1, 0.15) is 23.4 Å². The number of nitrogens with one attached hydrogen (secondary N) is 2. The Morgan fingerprint density at radius 1 is 1.00 bits per heavy atom. The molecule has 2 aromatic carbocycles. The molecule has 0 saturated heterocycles. The molecule has 2 unspecified atom stereocenters. The zero-order valence-corrected chi connectivity index (χ0v) is 27.3. The van der Waals surface area contributed by atoms with Crippen LogP contribution in [0.1, 0.15) is 88.1 Å². The van der Waals surface area contributed by atoms with E-state index in [1.807, 2.05) is 38.3 Å². The maximum absolute atomic E-state index is 14.4. The standard InChI is InChI=1S/C33H49N3O5S/c1-9-10-11-12-19-36(31(39)26(18-20-42-8)34-32(40)41-33(5,6)7)29(25-16-17-27(37)24(4)21-25)30(38)35-28-22(2)14-13-15-23(28)3/h13-17,21,26,29,37H,9-12,18-20H2,1-8H3,(H,34,40)(H,35,38). The van der Waals surface area contributed by atoms with E-state index in [4.69, 9.17) is 4.74 Å². The first-order valence-electron chi connectivity index (χ1n) is 14.7. The van der Waals surface area contributed by atoms with E-state index in [0.717, 1.165) is 30.4 Å². The summed E-state index contributed by atoms with van der Waals surface area (Å²) < 4.78 is 5.48. The first kappa shape index (κ1) is 35.0. The molecule has 0 fully saturated rings. The van der Waals surface area contributed by atoms with Crippen molar-refractivity contribution in [3.05, 3.63) is 58.7 Å². The number of unbranched alkanes of at least 4 members (excludes halogenated alkanes) is 3. The number of carbonyl (C=O) groups excluding carboxylic acids is 3. The molecular formula is C33H49N3O5S. The zero-order valence-electron chi connectivity index (χ0n) is 26.5. The Kier molecular flexibility index (Phi) is 13.7. The van der Waals surface area contributed by atoms with E-state index >= 15 is 0 Å². The van der Waals surface area contributed by atoms with E-state index in [1.165, 1.54) is 0 Å². The molecule has 0 bridgehead atoms. The number of anilines is 1. The van der Waals surface area contributed by atoms with Crippen molar-refractivity contribution >= 4 is 35.4 Å². The van der Waals surface area contributed by atoms with Gasteiger partial charge in [-0.1, -0.05) is 50.5 Å². The lowest BCUT2D eigenvalue weighted by molar-refractivity contribution is -0.141. The average Bonchev–Trinajstić information content (AvgIpc) is 2.90. The van der Waals surface area contributed by atoms with Gasteiger partial charge in [0.25, 0.3) is 5.91 Å². The number of nitrogens with zero attached hydrogens (tertiary/aromatic N) is 1. The minimum atomic E-state index is -0.991. The largest absolute Gasteiger partial charge is 0.508 e. The maximum Gasteiger partial charge on any atom is 0.408 e. The fraction of sp³-hybridized carbons (Fsp3) is 0.545. The van der Waals surface area contributed by atoms with Gasteiger partial charge in [-0.2, -0.15) is 11.8 Å². The Hall–Kier alpha value is -3.20. The molecule has 2 atom stereocenters. The molecule has 3 N–H and O–H groups in total. The molecule has 0 aliphatic rings. The monoisotopic (exact) mass is 599 g/mol. The van der Waals surface area contributed by atoms with Crippen molar-refractivity contribution in [2.75, 3.05) is 23.9 Å². The van der Waals surface area contributed by atoms with Gasteiger partial charge in [-0.05, 0) is 101 Å². The third-order valence-corrected chi connectivity index (χ3v) is 7.61. The number of thioether (sulfide) groups is 1. The summed E-state index contributed by atoms with van der Waals surface area (Å²) in [6, 6.07) is 8.90. The smallest absolute Gasteiger partial charge is 0.408 e. The number of aryl methyl sites for hydroxylation is 3. The van der Waals surface area contributed by atoms with E-state index in [9.17, 15) is 19.5 Å². The first-order chi connectivity index (χ1) is 19.8. The lowest BCUT2D eigenvalue weighted by Gasteiger charge is -2.35. The van der Waals surface area contributed by atoms with E-state index in [1.54, 1.807) is 62.6 Å². The molecule has 0 aromatic heterocycles. The van der Waals surface area contributed by atoms with Crippen molar-refractivity contribution in [2.45, 2.75) is 98.3 Å². The lowest BCUT2D eigenvalue weighted by atomic mass is 9.98. The molecule has 0 saturated carbocycles. The highest BCUT2D eigenvalue weighted by molar-refractivity contribution is 7.98. The summed E-state index contributed by atoms with van der Waals surface area (Å²) in [6.45, 7) is 13.4. The number of phenolic OH excluding ortho intramolecular Hbond substituents is 1. The van der Waals surface area contributed by atoms with Crippen LogP contribution in [-0.2, 0) is 14.3 Å². The molecule has 8 nitrogen and oxygen atoms in total. The van der Waals surface area contributed by atoms with Crippen LogP contribution in [0.5, 0.6) is 5.75 Å². The molecular weight excluding hydrogens is 550 g/mol. The summed E-state index contributed by atoms with van der Waals surface area (Å²) in [7, 11) is 0. The van der Waals surface area contributed by atoms with E-state index in [0.29, 0.717) is 42.0 Å². The second-order valence-corrected chi connectivity index (χ2v) is 12.8. The lowest BCUT2D eigenvalue weighted by Crippen LogP contribution is -2.53. The Morgan fingerprint density at radius 3 is 2.24 bits per heavy atom. The molecule has 2 aromatic rings. The number of rotatable bonds is 14. The van der Waals surface area contributed by atoms with Crippen molar-refractivity contribution in [3.8, 4) is 5.75 Å². The molecule has 0 radical (unpaired) electrons. The molecule has 42 heavy (non-hydrogen) atoms. The molecule has 0 spiro atoms. The number of ether oxygens (including phenoxy) is 1. The molecule has 0 heterocycles. The molecule has 3 amide bonds. The Balaban J connectivity index is 2.60. The van der Waals surface area contributed by atoms with Crippen LogP contribution in [0.4, 0.5) is 10.5 Å². The summed E-state index contributed by atoms with van der Waals surface area (Å²) >= 11 is 1.57. The van der Waals surface area contributed by atoms with Gasteiger partial charge in [0, 0.05) is 12.2 Å². The Bertz CT molecular complexity index is 1190. The number of alkyl carbamates (subject to hydrolysis) is 1. The average molecular weight is 600 g/mol. The number of aromatic hydroxyl groups is 1. The molecule has 232 valence electrons. The highest BCUT2D eigenvalue weighted by atomic mass is 32.2. The van der Waals surface area contributed by atoms with E-state index in [-0.39, 0.29) is 17.6 Å². The van der Waals surface area contributed by atoms with Crippen LogP contribution in [0.15, 0.2) is 36.4 Å². The summed E-state index contributed by atoms with van der Waals surface area (Å²) in [4.78, 5) is 43.0. The van der Waals surface area contributed by atoms with Crippen molar-refractivity contribution < 1.29 is 24.2 Å². The second-order valence-electron chi connectivity index (χ2n) is 11.8. The van der Waals surface area contributed by atoms with Gasteiger partial charge in [-0.25, -0.2) is 4.79 Å². The number of benzene rings is 2. The fourth-order valence-electron chi connectivity index (χ4n) is 4.74. The van der Waals surface area contributed by atoms with Gasteiger partial charge >= 0.3 is 6.09 Å². The predicted molar refractivity (Wildman–Crippen MR) is 172 cm³/mol. The van der Waals surface area contributed by atoms with Crippen LogP contribution in [0.2, 0.25) is 0 Å². The van der Waals surface area contributed by atoms with E-state index < -0.39 is 23.8 Å². The number of hydrogen-bond donors (Lipinski definition) is 3. The third kappa shape index (κ3) is 10.6. The van der Waals surface area contributed by atoms with E-state index in [2.05, 4.69) is 17.6 Å². The van der Waals surface area contributed by atoms with Crippen LogP contribution >= 0.6 is 11.8 Å². The summed E-state index contributed by atoms with van der Waals surface area (Å²) in [5, 5.41) is 16.1. The minimum Gasteiger partial charge on any atom is -0.508 e. The molecule has 9 heteroatoms. The van der Waals surface area contributed by atoms with Gasteiger partial charge < -0.3 is 25.4 Å². The van der Waals surface area contributed by atoms with Crippen molar-refractivity contribution in [1.82, 2.24) is 10.2 Å². The third-order valence-electron chi connectivity index (χ3n) is 6.96. The van der Waals surface area contributed by atoms with Crippen LogP contribution in [0, 0.1) is 20.8 Å². The topological polar surface area (TPSA) is 108 Å². The number of phenols is 1.